The van der Waals surface area contributed by atoms with Gasteiger partial charge in [-0.3, -0.25) is 0 Å². The number of hydrogen-bond acceptors (Lipinski definition) is 2. The summed E-state index contributed by atoms with van der Waals surface area (Å²) in [4.78, 5) is 5.55. The lowest BCUT2D eigenvalue weighted by Gasteiger charge is -2.18. The molecule has 0 nitrogen and oxygen atoms in total. The Bertz CT molecular complexity index is 522. The minimum absolute atomic E-state index is 1.34. The summed E-state index contributed by atoms with van der Waals surface area (Å²) in [6, 6.07) is 13.4. The summed E-state index contributed by atoms with van der Waals surface area (Å²) in [5.41, 5.74) is 2.67. The second-order valence-corrected chi connectivity index (χ2v) is 6.27. The number of fused-ring (bicyclic) bond motifs is 2. The molecule has 0 saturated heterocycles. The topological polar surface area (TPSA) is 0 Å². The van der Waals surface area contributed by atoms with Crippen molar-refractivity contribution in [1.82, 2.24) is 0 Å². The third kappa shape index (κ3) is 3.94. The first-order valence-corrected chi connectivity index (χ1v) is 8.43. The molecule has 0 unspecified atom stereocenters. The molecule has 0 bridgehead atoms. The summed E-state index contributed by atoms with van der Waals surface area (Å²) in [7, 11) is 0. The lowest BCUT2D eigenvalue weighted by Crippen LogP contribution is -1.90. The fourth-order valence-corrected chi connectivity index (χ4v) is 4.19. The molecule has 2 aromatic carbocycles. The maximum atomic E-state index is 3.00. The predicted octanol–water partition coefficient (Wildman–Crippen LogP) is 6.75. The van der Waals surface area contributed by atoms with Crippen molar-refractivity contribution in [1.29, 1.82) is 0 Å². The molecule has 106 valence electrons. The van der Waals surface area contributed by atoms with Crippen molar-refractivity contribution in [3.8, 4) is 0 Å². The second kappa shape index (κ2) is 8.23. The summed E-state index contributed by atoms with van der Waals surface area (Å²) >= 11 is 3.77. The normalized spacial score (nSPS) is 11.0. The van der Waals surface area contributed by atoms with Gasteiger partial charge in [-0.15, -0.1) is 13.2 Å². The Balaban J connectivity index is 0.000000461. The van der Waals surface area contributed by atoms with Gasteiger partial charge in [0.2, 0.25) is 0 Å². The maximum absolute atomic E-state index is 3.00. The minimum atomic E-state index is 1.34. The molecule has 1 heterocycles. The van der Waals surface area contributed by atoms with E-state index in [2.05, 4.69) is 63.4 Å². The van der Waals surface area contributed by atoms with Crippen LogP contribution in [0.3, 0.4) is 0 Å². The zero-order valence-electron chi connectivity index (χ0n) is 12.7. The van der Waals surface area contributed by atoms with Gasteiger partial charge in [0.05, 0.1) is 0 Å². The molecule has 0 atom stereocenters. The van der Waals surface area contributed by atoms with Crippen molar-refractivity contribution in [3.05, 3.63) is 60.7 Å². The molecule has 20 heavy (non-hydrogen) atoms. The molecule has 0 aromatic heterocycles. The molecule has 0 saturated carbocycles. The van der Waals surface area contributed by atoms with E-state index in [1.165, 1.54) is 30.7 Å². The highest BCUT2D eigenvalue weighted by atomic mass is 32.2. The van der Waals surface area contributed by atoms with Crippen LogP contribution in [0.4, 0.5) is 0 Å². The first-order chi connectivity index (χ1) is 9.72. The van der Waals surface area contributed by atoms with Gasteiger partial charge in [0.25, 0.3) is 0 Å². The molecule has 0 N–H and O–H groups in total. The van der Waals surface area contributed by atoms with E-state index in [4.69, 9.17) is 0 Å². The molecule has 3 rings (SSSR count). The van der Waals surface area contributed by atoms with Gasteiger partial charge in [0, 0.05) is 19.6 Å². The molecule has 1 aliphatic rings. The molecule has 0 aliphatic carbocycles. The van der Waals surface area contributed by atoms with Gasteiger partial charge < -0.3 is 0 Å². The van der Waals surface area contributed by atoms with Crippen LogP contribution in [0.15, 0.2) is 69.1 Å². The van der Waals surface area contributed by atoms with Gasteiger partial charge in [-0.05, 0) is 49.2 Å². The average molecular weight is 303 g/mol. The monoisotopic (exact) mass is 302 g/mol. The Hall–Kier alpha value is -1.12. The fraction of sp³-hybridized carbons (Fsp3) is 0.222. The van der Waals surface area contributed by atoms with Crippen molar-refractivity contribution >= 4 is 23.5 Å². The summed E-state index contributed by atoms with van der Waals surface area (Å²) in [6.45, 7) is 14.3. The Morgan fingerprint density at radius 3 is 1.35 bits per heavy atom. The SMILES string of the molecule is C=C.CC.Cc1ccc2c(c1)Sc1ccc(C)cc1S2. The highest BCUT2D eigenvalue weighted by Crippen LogP contribution is 2.48. The van der Waals surface area contributed by atoms with Crippen LogP contribution in [0.2, 0.25) is 0 Å². The molecule has 0 fully saturated rings. The second-order valence-electron chi connectivity index (χ2n) is 4.10. The van der Waals surface area contributed by atoms with E-state index >= 15 is 0 Å². The summed E-state index contributed by atoms with van der Waals surface area (Å²) in [6.07, 6.45) is 0. The first-order valence-electron chi connectivity index (χ1n) is 6.79. The summed E-state index contributed by atoms with van der Waals surface area (Å²) < 4.78 is 0. The summed E-state index contributed by atoms with van der Waals surface area (Å²) in [5, 5.41) is 0. The van der Waals surface area contributed by atoms with Gasteiger partial charge in [0.15, 0.2) is 0 Å². The lowest BCUT2D eigenvalue weighted by atomic mass is 10.2. The largest absolute Gasteiger partial charge is 0.106 e. The van der Waals surface area contributed by atoms with Crippen LogP contribution in [0, 0.1) is 13.8 Å². The number of hydrogen-bond donors (Lipinski definition) is 0. The van der Waals surface area contributed by atoms with Crippen LogP contribution in [0.5, 0.6) is 0 Å². The minimum Gasteiger partial charge on any atom is -0.106 e. The van der Waals surface area contributed by atoms with E-state index < -0.39 is 0 Å². The average Bonchev–Trinajstić information content (AvgIpc) is 2.49. The Morgan fingerprint density at radius 2 is 1.00 bits per heavy atom. The first kappa shape index (κ1) is 16.9. The van der Waals surface area contributed by atoms with E-state index in [1.807, 2.05) is 37.4 Å². The zero-order chi connectivity index (χ0) is 15.1. The van der Waals surface area contributed by atoms with E-state index in [0.29, 0.717) is 0 Å². The van der Waals surface area contributed by atoms with Gasteiger partial charge in [-0.2, -0.15) is 0 Å². The number of aryl methyl sites for hydroxylation is 2. The summed E-state index contributed by atoms with van der Waals surface area (Å²) in [5.74, 6) is 0. The highest BCUT2D eigenvalue weighted by Gasteiger charge is 2.16. The van der Waals surface area contributed by atoms with Crippen LogP contribution in [-0.2, 0) is 0 Å². The third-order valence-corrected chi connectivity index (χ3v) is 5.16. The van der Waals surface area contributed by atoms with E-state index in [9.17, 15) is 0 Å². The lowest BCUT2D eigenvalue weighted by molar-refractivity contribution is 1.13. The number of benzene rings is 2. The van der Waals surface area contributed by atoms with Crippen LogP contribution >= 0.6 is 23.5 Å². The van der Waals surface area contributed by atoms with Gasteiger partial charge in [0.1, 0.15) is 0 Å². The molecule has 0 radical (unpaired) electrons. The smallest absolute Gasteiger partial charge is 0.0265 e. The van der Waals surface area contributed by atoms with E-state index in [0.717, 1.165) is 0 Å². The van der Waals surface area contributed by atoms with Crippen molar-refractivity contribution in [2.75, 3.05) is 0 Å². The van der Waals surface area contributed by atoms with Gasteiger partial charge in [-0.1, -0.05) is 49.5 Å². The number of rotatable bonds is 0. The van der Waals surface area contributed by atoms with Crippen molar-refractivity contribution in [2.45, 2.75) is 47.3 Å². The quantitative estimate of drug-likeness (QED) is 0.421. The van der Waals surface area contributed by atoms with Gasteiger partial charge >= 0.3 is 0 Å². The molecular formula is C18H22S2. The Morgan fingerprint density at radius 1 is 0.650 bits per heavy atom. The molecule has 2 aromatic rings. The van der Waals surface area contributed by atoms with Crippen molar-refractivity contribution in [3.63, 3.8) is 0 Å². The highest BCUT2D eigenvalue weighted by molar-refractivity contribution is 8.05. The fourth-order valence-electron chi connectivity index (χ4n) is 1.80. The van der Waals surface area contributed by atoms with Crippen LogP contribution < -0.4 is 0 Å². The Labute approximate surface area is 131 Å². The van der Waals surface area contributed by atoms with Crippen molar-refractivity contribution < 1.29 is 0 Å². The molecule has 0 amide bonds. The van der Waals surface area contributed by atoms with Crippen LogP contribution in [0.25, 0.3) is 0 Å². The Kier molecular flexibility index (Phi) is 6.97. The van der Waals surface area contributed by atoms with Gasteiger partial charge in [-0.25, -0.2) is 0 Å². The predicted molar refractivity (Wildman–Crippen MR) is 93.2 cm³/mol. The third-order valence-electron chi connectivity index (χ3n) is 2.64. The maximum Gasteiger partial charge on any atom is 0.0265 e. The zero-order valence-corrected chi connectivity index (χ0v) is 14.3. The molecular weight excluding hydrogens is 280 g/mol. The standard InChI is InChI=1S/C14H12S2.C2H6.C2H4/c1-9-3-5-11-13(7-9)15-12-6-4-10(2)8-14(12)16-11;2*1-2/h3-8H,1-2H3;1-2H3;1-2H2. The molecule has 1 aliphatic heterocycles. The van der Waals surface area contributed by atoms with E-state index in [1.54, 1.807) is 0 Å². The van der Waals surface area contributed by atoms with Crippen LogP contribution in [-0.4, -0.2) is 0 Å². The molecule has 0 spiro atoms. The van der Waals surface area contributed by atoms with Crippen LogP contribution in [0.1, 0.15) is 25.0 Å². The van der Waals surface area contributed by atoms with E-state index in [-0.39, 0.29) is 0 Å². The molecule has 2 heteroatoms. The van der Waals surface area contributed by atoms with Crippen molar-refractivity contribution in [2.24, 2.45) is 0 Å².